The topological polar surface area (TPSA) is 92.1 Å². The Morgan fingerprint density at radius 2 is 1.71 bits per heavy atom. The number of anilines is 2. The summed E-state index contributed by atoms with van der Waals surface area (Å²) in [6.45, 7) is 1.63. The van der Waals surface area contributed by atoms with E-state index in [1.165, 1.54) is 11.0 Å². The van der Waals surface area contributed by atoms with Crippen LogP contribution in [0.3, 0.4) is 0 Å². The first-order valence-corrected chi connectivity index (χ1v) is 9.85. The summed E-state index contributed by atoms with van der Waals surface area (Å²) < 4.78 is 14.9. The van der Waals surface area contributed by atoms with E-state index in [4.69, 9.17) is 5.73 Å². The predicted octanol–water partition coefficient (Wildman–Crippen LogP) is 3.51. The number of amides is 1. The molecule has 3 aromatic carbocycles. The van der Waals surface area contributed by atoms with Crippen LogP contribution in [0.5, 0.6) is 0 Å². The number of nitrogens with two attached hydrogens (primary N) is 1. The third-order valence-electron chi connectivity index (χ3n) is 5.75. The summed E-state index contributed by atoms with van der Waals surface area (Å²) in [5, 5.41) is 7.98. The van der Waals surface area contributed by atoms with Crippen LogP contribution in [-0.4, -0.2) is 16.1 Å². The Kier molecular flexibility index (Phi) is 4.23. The lowest BCUT2D eigenvalue weighted by Crippen LogP contribution is -2.43. The van der Waals surface area contributed by atoms with E-state index in [0.717, 1.165) is 10.9 Å². The number of hydrogen-bond donors (Lipinski definition) is 2. The standard InChI is InChI=1S/C24H19FN4O2/c1-24(26)17-8-4-5-9-20(17)29(23(24)31)21-13-14(10-11-18(21)25)12-19-15-6-2-3-7-16(15)22(30)28-27-19/h2-11,13H,12,26H2,1H3,(H,28,30). The average Bonchev–Trinajstić information content (AvgIpc) is 2.98. The van der Waals surface area contributed by atoms with Crippen molar-refractivity contribution in [1.82, 2.24) is 10.2 Å². The number of halogens is 1. The molecule has 1 amide bonds. The Balaban J connectivity index is 1.60. The number of carbonyl (C=O) groups excluding carboxylic acids is 1. The van der Waals surface area contributed by atoms with Crippen molar-refractivity contribution in [2.45, 2.75) is 18.9 Å². The molecule has 1 unspecified atom stereocenters. The zero-order valence-electron chi connectivity index (χ0n) is 16.7. The molecule has 1 aliphatic heterocycles. The number of aromatic nitrogens is 2. The third kappa shape index (κ3) is 2.93. The highest BCUT2D eigenvalue weighted by Crippen LogP contribution is 2.43. The van der Waals surface area contributed by atoms with Crippen LogP contribution in [0.2, 0.25) is 0 Å². The highest BCUT2D eigenvalue weighted by molar-refractivity contribution is 6.12. The van der Waals surface area contributed by atoms with Crippen LogP contribution >= 0.6 is 0 Å². The minimum absolute atomic E-state index is 0.137. The Morgan fingerprint density at radius 3 is 2.52 bits per heavy atom. The Labute approximate surface area is 177 Å². The van der Waals surface area contributed by atoms with Gasteiger partial charge in [0.2, 0.25) is 0 Å². The van der Waals surface area contributed by atoms with Gasteiger partial charge in [0.15, 0.2) is 0 Å². The number of hydrogen-bond acceptors (Lipinski definition) is 4. The number of nitrogens with one attached hydrogen (secondary N) is 1. The lowest BCUT2D eigenvalue weighted by Gasteiger charge is -2.21. The molecular weight excluding hydrogens is 395 g/mol. The van der Waals surface area contributed by atoms with Gasteiger partial charge in [0.25, 0.3) is 11.5 Å². The third-order valence-corrected chi connectivity index (χ3v) is 5.75. The van der Waals surface area contributed by atoms with E-state index < -0.39 is 17.3 Å². The van der Waals surface area contributed by atoms with Gasteiger partial charge in [-0.25, -0.2) is 9.49 Å². The number of nitrogens with zero attached hydrogens (tertiary/aromatic N) is 2. The van der Waals surface area contributed by atoms with Gasteiger partial charge in [-0.05, 0) is 36.8 Å². The number of H-pyrrole nitrogens is 1. The maximum atomic E-state index is 14.9. The highest BCUT2D eigenvalue weighted by Gasteiger charge is 2.45. The number of benzene rings is 3. The molecule has 3 N–H and O–H groups in total. The maximum absolute atomic E-state index is 14.9. The molecule has 0 aliphatic carbocycles. The molecule has 0 radical (unpaired) electrons. The second kappa shape index (κ2) is 6.85. The molecule has 0 saturated carbocycles. The Bertz CT molecular complexity index is 1410. The fourth-order valence-electron chi connectivity index (χ4n) is 4.14. The number of fused-ring (bicyclic) bond motifs is 2. The van der Waals surface area contributed by atoms with Crippen molar-refractivity contribution in [3.63, 3.8) is 0 Å². The van der Waals surface area contributed by atoms with Gasteiger partial charge in [0, 0.05) is 17.4 Å². The Hall–Kier alpha value is -3.84. The molecule has 5 rings (SSSR count). The number of aromatic amines is 1. The van der Waals surface area contributed by atoms with Crippen LogP contribution in [0.15, 0.2) is 71.5 Å². The van der Waals surface area contributed by atoms with E-state index in [2.05, 4.69) is 10.2 Å². The Morgan fingerprint density at radius 1 is 1.00 bits per heavy atom. The summed E-state index contributed by atoms with van der Waals surface area (Å²) >= 11 is 0. The molecule has 1 aromatic heterocycles. The lowest BCUT2D eigenvalue weighted by atomic mass is 9.95. The molecular formula is C24H19FN4O2. The van der Waals surface area contributed by atoms with E-state index in [9.17, 15) is 14.0 Å². The van der Waals surface area contributed by atoms with E-state index >= 15 is 0 Å². The minimum Gasteiger partial charge on any atom is -0.314 e. The summed E-state index contributed by atoms with van der Waals surface area (Å²) in [7, 11) is 0. The van der Waals surface area contributed by atoms with Crippen molar-refractivity contribution in [2.24, 2.45) is 5.73 Å². The molecule has 31 heavy (non-hydrogen) atoms. The normalized spacial score (nSPS) is 17.9. The van der Waals surface area contributed by atoms with Crippen LogP contribution in [0, 0.1) is 5.82 Å². The fraction of sp³-hybridized carbons (Fsp3) is 0.125. The van der Waals surface area contributed by atoms with Gasteiger partial charge in [-0.15, -0.1) is 0 Å². The van der Waals surface area contributed by atoms with Gasteiger partial charge in [-0.2, -0.15) is 5.10 Å². The van der Waals surface area contributed by atoms with E-state index in [-0.39, 0.29) is 11.2 Å². The van der Waals surface area contributed by atoms with Gasteiger partial charge >= 0.3 is 0 Å². The van der Waals surface area contributed by atoms with Crippen LogP contribution in [0.1, 0.15) is 23.7 Å². The summed E-state index contributed by atoms with van der Waals surface area (Å²) in [5.74, 6) is -0.916. The summed E-state index contributed by atoms with van der Waals surface area (Å²) in [6.07, 6.45) is 0.355. The number of para-hydroxylation sites is 1. The quantitative estimate of drug-likeness (QED) is 0.537. The molecule has 6 nitrogen and oxygen atoms in total. The zero-order chi connectivity index (χ0) is 21.8. The van der Waals surface area contributed by atoms with Crippen LogP contribution in [0.25, 0.3) is 10.8 Å². The van der Waals surface area contributed by atoms with Crippen molar-refractivity contribution in [2.75, 3.05) is 4.90 Å². The molecule has 7 heteroatoms. The first kappa shape index (κ1) is 19.1. The second-order valence-electron chi connectivity index (χ2n) is 7.87. The molecule has 154 valence electrons. The van der Waals surface area contributed by atoms with Crippen molar-refractivity contribution in [3.8, 4) is 0 Å². The number of carbonyl (C=O) groups is 1. The minimum atomic E-state index is -1.24. The monoisotopic (exact) mass is 414 g/mol. The van der Waals surface area contributed by atoms with Gasteiger partial charge in [0.05, 0.1) is 22.5 Å². The molecule has 1 atom stereocenters. The van der Waals surface area contributed by atoms with Crippen LogP contribution in [-0.2, 0) is 16.8 Å². The molecule has 4 aromatic rings. The number of rotatable bonds is 3. The van der Waals surface area contributed by atoms with E-state index in [1.807, 2.05) is 12.1 Å². The van der Waals surface area contributed by atoms with Crippen molar-refractivity contribution < 1.29 is 9.18 Å². The molecule has 0 bridgehead atoms. The predicted molar refractivity (Wildman–Crippen MR) is 117 cm³/mol. The first-order valence-electron chi connectivity index (χ1n) is 9.85. The fourth-order valence-corrected chi connectivity index (χ4v) is 4.14. The van der Waals surface area contributed by atoms with Crippen molar-refractivity contribution in [1.29, 1.82) is 0 Å². The van der Waals surface area contributed by atoms with Crippen LogP contribution < -0.4 is 16.2 Å². The van der Waals surface area contributed by atoms with E-state index in [1.54, 1.807) is 55.5 Å². The molecule has 0 fully saturated rings. The first-order chi connectivity index (χ1) is 14.9. The van der Waals surface area contributed by atoms with Crippen LogP contribution in [0.4, 0.5) is 15.8 Å². The van der Waals surface area contributed by atoms with Crippen molar-refractivity contribution >= 4 is 28.1 Å². The average molecular weight is 414 g/mol. The summed E-state index contributed by atoms with van der Waals surface area (Å²) in [6, 6.07) is 18.9. The maximum Gasteiger partial charge on any atom is 0.272 e. The lowest BCUT2D eigenvalue weighted by molar-refractivity contribution is -0.121. The molecule has 1 aliphatic rings. The van der Waals surface area contributed by atoms with Gasteiger partial charge < -0.3 is 5.73 Å². The van der Waals surface area contributed by atoms with Crippen molar-refractivity contribution in [3.05, 3.63) is 99.7 Å². The molecule has 0 spiro atoms. The second-order valence-corrected chi connectivity index (χ2v) is 7.87. The largest absolute Gasteiger partial charge is 0.314 e. The van der Waals surface area contributed by atoms with Gasteiger partial charge in [-0.3, -0.25) is 14.5 Å². The van der Waals surface area contributed by atoms with Gasteiger partial charge in [-0.1, -0.05) is 42.5 Å². The van der Waals surface area contributed by atoms with Gasteiger partial charge in [0.1, 0.15) is 11.4 Å². The molecule has 0 saturated heterocycles. The zero-order valence-corrected chi connectivity index (χ0v) is 16.7. The smallest absolute Gasteiger partial charge is 0.272 e. The molecule has 2 heterocycles. The summed E-state index contributed by atoms with van der Waals surface area (Å²) in [4.78, 5) is 26.5. The SMILES string of the molecule is CC1(N)C(=O)N(c2cc(Cc3n[nH]c(=O)c4ccccc34)ccc2F)c2ccccc21. The summed E-state index contributed by atoms with van der Waals surface area (Å²) in [5.41, 5.74) is 7.55. The highest BCUT2D eigenvalue weighted by atomic mass is 19.1. The van der Waals surface area contributed by atoms with E-state index in [0.29, 0.717) is 28.8 Å².